The van der Waals surface area contributed by atoms with Crippen molar-refractivity contribution in [3.63, 3.8) is 0 Å². The Kier molecular flexibility index (Phi) is 3.75. The summed E-state index contributed by atoms with van der Waals surface area (Å²) >= 11 is 3.14. The molecule has 1 atom stereocenters. The van der Waals surface area contributed by atoms with Crippen molar-refractivity contribution in [3.8, 4) is 10.6 Å². The molecule has 3 nitrogen and oxygen atoms in total. The fourth-order valence-corrected chi connectivity index (χ4v) is 3.58. The van der Waals surface area contributed by atoms with E-state index in [2.05, 4.69) is 22.5 Å². The predicted octanol–water partition coefficient (Wildman–Crippen LogP) is 4.17. The molecule has 0 saturated heterocycles. The van der Waals surface area contributed by atoms with Crippen LogP contribution in [0.5, 0.6) is 0 Å². The zero-order chi connectivity index (χ0) is 13.1. The smallest absolute Gasteiger partial charge is 0.229 e. The van der Waals surface area contributed by atoms with Gasteiger partial charge in [-0.05, 0) is 30.7 Å². The van der Waals surface area contributed by atoms with Crippen molar-refractivity contribution >= 4 is 33.7 Å². The lowest BCUT2D eigenvalue weighted by atomic mass is 9.94. The minimum Gasteiger partial charge on any atom is -0.302 e. The molecular weight excluding hydrogens is 276 g/mol. The second-order valence-corrected chi connectivity index (χ2v) is 6.29. The summed E-state index contributed by atoms with van der Waals surface area (Å²) in [5, 5.41) is 7.65. The first kappa shape index (κ1) is 12.6. The SMILES string of the molecule is O=C(Nc1nc(-c2cccs2)cs1)[C@H]1CC=CCC1. The molecule has 2 aromatic rings. The van der Waals surface area contributed by atoms with Gasteiger partial charge in [0.2, 0.25) is 5.91 Å². The van der Waals surface area contributed by atoms with Gasteiger partial charge in [-0.2, -0.15) is 0 Å². The number of hydrogen-bond donors (Lipinski definition) is 1. The first-order valence-corrected chi connectivity index (χ1v) is 8.04. The number of thiophene rings is 1. The van der Waals surface area contributed by atoms with Gasteiger partial charge < -0.3 is 5.32 Å². The summed E-state index contributed by atoms with van der Waals surface area (Å²) < 4.78 is 0. The molecule has 0 aliphatic heterocycles. The Labute approximate surface area is 120 Å². The molecule has 19 heavy (non-hydrogen) atoms. The molecule has 1 aliphatic carbocycles. The van der Waals surface area contributed by atoms with Crippen LogP contribution in [0.25, 0.3) is 10.6 Å². The van der Waals surface area contributed by atoms with Crippen LogP contribution in [0.4, 0.5) is 5.13 Å². The third kappa shape index (κ3) is 2.93. The standard InChI is InChI=1S/C14H14N2OS2/c17-13(10-5-2-1-3-6-10)16-14-15-11(9-19-14)12-7-4-8-18-12/h1-2,4,7-10H,3,5-6H2,(H,15,16,17)/t10-/m0/s1. The third-order valence-electron chi connectivity index (χ3n) is 3.15. The quantitative estimate of drug-likeness (QED) is 0.862. The summed E-state index contributed by atoms with van der Waals surface area (Å²) in [7, 11) is 0. The maximum atomic E-state index is 12.1. The molecule has 0 unspecified atom stereocenters. The van der Waals surface area contributed by atoms with Gasteiger partial charge in [0.05, 0.1) is 10.6 Å². The van der Waals surface area contributed by atoms with Gasteiger partial charge in [-0.15, -0.1) is 22.7 Å². The van der Waals surface area contributed by atoms with Crippen molar-refractivity contribution < 1.29 is 4.79 Å². The number of amides is 1. The molecule has 0 saturated carbocycles. The number of hydrogen-bond acceptors (Lipinski definition) is 4. The van der Waals surface area contributed by atoms with Crippen LogP contribution < -0.4 is 5.32 Å². The average molecular weight is 290 g/mol. The number of rotatable bonds is 3. The summed E-state index contributed by atoms with van der Waals surface area (Å²) in [6.45, 7) is 0. The number of aromatic nitrogens is 1. The van der Waals surface area contributed by atoms with E-state index in [4.69, 9.17) is 0 Å². The molecule has 1 amide bonds. The molecule has 0 radical (unpaired) electrons. The van der Waals surface area contributed by atoms with Crippen LogP contribution in [0.2, 0.25) is 0 Å². The van der Waals surface area contributed by atoms with Crippen LogP contribution in [0.15, 0.2) is 35.0 Å². The lowest BCUT2D eigenvalue weighted by Crippen LogP contribution is -2.23. The van der Waals surface area contributed by atoms with Gasteiger partial charge >= 0.3 is 0 Å². The molecule has 2 heterocycles. The first-order valence-electron chi connectivity index (χ1n) is 6.28. The maximum Gasteiger partial charge on any atom is 0.229 e. The Balaban J connectivity index is 1.67. The molecule has 1 aliphatic rings. The Hall–Kier alpha value is -1.46. The van der Waals surface area contributed by atoms with E-state index in [0.717, 1.165) is 29.8 Å². The monoisotopic (exact) mass is 290 g/mol. The summed E-state index contributed by atoms with van der Waals surface area (Å²) in [6.07, 6.45) is 7.01. The van der Waals surface area contributed by atoms with Crippen molar-refractivity contribution in [3.05, 3.63) is 35.0 Å². The molecule has 0 bridgehead atoms. The second kappa shape index (κ2) is 5.67. The number of nitrogens with zero attached hydrogens (tertiary/aromatic N) is 1. The molecule has 0 fully saturated rings. The molecule has 0 spiro atoms. The van der Waals surface area contributed by atoms with Gasteiger partial charge in [-0.25, -0.2) is 4.98 Å². The van der Waals surface area contributed by atoms with E-state index < -0.39 is 0 Å². The number of allylic oxidation sites excluding steroid dienone is 2. The molecule has 98 valence electrons. The van der Waals surface area contributed by atoms with E-state index in [9.17, 15) is 4.79 Å². The fourth-order valence-electron chi connectivity index (χ4n) is 2.11. The van der Waals surface area contributed by atoms with Crippen LogP contribution in [0.1, 0.15) is 19.3 Å². The van der Waals surface area contributed by atoms with Crippen molar-refractivity contribution in [2.24, 2.45) is 5.92 Å². The normalized spacial score (nSPS) is 18.4. The Bertz CT molecular complexity index is 586. The number of carbonyl (C=O) groups excluding carboxylic acids is 1. The molecule has 3 rings (SSSR count). The van der Waals surface area contributed by atoms with Crippen molar-refractivity contribution in [1.82, 2.24) is 4.98 Å². The first-order chi connectivity index (χ1) is 9.33. The van der Waals surface area contributed by atoms with Gasteiger partial charge in [0.25, 0.3) is 0 Å². The van der Waals surface area contributed by atoms with E-state index in [1.54, 1.807) is 11.3 Å². The molecular formula is C14H14N2OS2. The highest BCUT2D eigenvalue weighted by Crippen LogP contribution is 2.29. The average Bonchev–Trinajstić information content (AvgIpc) is 3.10. The van der Waals surface area contributed by atoms with Crippen LogP contribution in [0, 0.1) is 5.92 Å². The minimum atomic E-state index is 0.0939. The highest BCUT2D eigenvalue weighted by molar-refractivity contribution is 7.16. The predicted molar refractivity (Wildman–Crippen MR) is 80.5 cm³/mol. The molecule has 1 N–H and O–H groups in total. The summed E-state index contributed by atoms with van der Waals surface area (Å²) in [5.41, 5.74) is 0.943. The Morgan fingerprint density at radius 3 is 3.05 bits per heavy atom. The van der Waals surface area contributed by atoms with Crippen LogP contribution >= 0.6 is 22.7 Å². The lowest BCUT2D eigenvalue weighted by Gasteiger charge is -2.15. The molecule has 5 heteroatoms. The number of thiazole rings is 1. The lowest BCUT2D eigenvalue weighted by molar-refractivity contribution is -0.120. The fraction of sp³-hybridized carbons (Fsp3) is 0.286. The maximum absolute atomic E-state index is 12.1. The van der Waals surface area contributed by atoms with Gasteiger partial charge in [0, 0.05) is 11.3 Å². The van der Waals surface area contributed by atoms with Crippen molar-refractivity contribution in [2.75, 3.05) is 5.32 Å². The summed E-state index contributed by atoms with van der Waals surface area (Å²) in [6, 6.07) is 4.04. The van der Waals surface area contributed by atoms with Crippen LogP contribution in [-0.4, -0.2) is 10.9 Å². The van der Waals surface area contributed by atoms with E-state index in [-0.39, 0.29) is 11.8 Å². The van der Waals surface area contributed by atoms with E-state index in [1.165, 1.54) is 11.3 Å². The largest absolute Gasteiger partial charge is 0.302 e. The van der Waals surface area contributed by atoms with Crippen molar-refractivity contribution in [2.45, 2.75) is 19.3 Å². The van der Waals surface area contributed by atoms with Gasteiger partial charge in [0.15, 0.2) is 5.13 Å². The number of carbonyl (C=O) groups is 1. The minimum absolute atomic E-state index is 0.0939. The summed E-state index contributed by atoms with van der Waals surface area (Å²) in [4.78, 5) is 17.7. The molecule has 0 aromatic carbocycles. The van der Waals surface area contributed by atoms with E-state index in [0.29, 0.717) is 5.13 Å². The molecule has 2 aromatic heterocycles. The van der Waals surface area contributed by atoms with Gasteiger partial charge in [-0.3, -0.25) is 4.79 Å². The zero-order valence-corrected chi connectivity index (χ0v) is 12.0. The summed E-state index contributed by atoms with van der Waals surface area (Å²) in [5.74, 6) is 0.190. The highest BCUT2D eigenvalue weighted by Gasteiger charge is 2.19. The van der Waals surface area contributed by atoms with Crippen molar-refractivity contribution in [1.29, 1.82) is 0 Å². The zero-order valence-electron chi connectivity index (χ0n) is 10.3. The van der Waals surface area contributed by atoms with Gasteiger partial charge in [-0.1, -0.05) is 18.2 Å². The highest BCUT2D eigenvalue weighted by atomic mass is 32.1. The topological polar surface area (TPSA) is 42.0 Å². The second-order valence-electron chi connectivity index (χ2n) is 4.49. The van der Waals surface area contributed by atoms with E-state index in [1.807, 2.05) is 22.9 Å². The van der Waals surface area contributed by atoms with Gasteiger partial charge in [0.1, 0.15) is 0 Å². The van der Waals surface area contributed by atoms with Crippen LogP contribution in [-0.2, 0) is 4.79 Å². The third-order valence-corrected chi connectivity index (χ3v) is 4.80. The van der Waals surface area contributed by atoms with E-state index >= 15 is 0 Å². The number of nitrogens with one attached hydrogen (secondary N) is 1. The Morgan fingerprint density at radius 2 is 2.32 bits per heavy atom. The van der Waals surface area contributed by atoms with Crippen LogP contribution in [0.3, 0.4) is 0 Å². The Morgan fingerprint density at radius 1 is 1.37 bits per heavy atom. The number of anilines is 1.